The number of hydrogen-bond donors (Lipinski definition) is 2. The number of nitrogens with zero attached hydrogens (tertiary/aromatic N) is 1. The Morgan fingerprint density at radius 2 is 1.84 bits per heavy atom. The SMILES string of the molecule is O=C(/C=C/c1cccnc1)Nc1ccc(C(=O)NCC(F)(F)F)cc1. The van der Waals surface area contributed by atoms with Gasteiger partial charge in [0.25, 0.3) is 5.91 Å². The van der Waals surface area contributed by atoms with E-state index in [9.17, 15) is 22.8 Å². The molecule has 2 N–H and O–H groups in total. The van der Waals surface area contributed by atoms with Gasteiger partial charge in [0.1, 0.15) is 6.54 Å². The van der Waals surface area contributed by atoms with Crippen LogP contribution in [0.5, 0.6) is 0 Å². The Kier molecular flexibility index (Phi) is 5.89. The van der Waals surface area contributed by atoms with Crippen molar-refractivity contribution in [2.45, 2.75) is 6.18 Å². The average Bonchev–Trinajstić information content (AvgIpc) is 2.59. The van der Waals surface area contributed by atoms with Gasteiger partial charge in [-0.15, -0.1) is 0 Å². The second kappa shape index (κ2) is 8.09. The minimum atomic E-state index is -4.47. The third kappa shape index (κ3) is 6.46. The zero-order valence-electron chi connectivity index (χ0n) is 12.9. The number of carbonyl (C=O) groups excluding carboxylic acids is 2. The van der Waals surface area contributed by atoms with E-state index in [4.69, 9.17) is 0 Å². The van der Waals surface area contributed by atoms with Crippen LogP contribution in [0.2, 0.25) is 0 Å². The summed E-state index contributed by atoms with van der Waals surface area (Å²) in [5.41, 5.74) is 1.23. The summed E-state index contributed by atoms with van der Waals surface area (Å²) >= 11 is 0. The van der Waals surface area contributed by atoms with E-state index >= 15 is 0 Å². The van der Waals surface area contributed by atoms with Gasteiger partial charge < -0.3 is 10.6 Å². The summed E-state index contributed by atoms with van der Waals surface area (Å²) in [6.45, 7) is -1.40. The molecule has 5 nitrogen and oxygen atoms in total. The molecule has 1 aromatic heterocycles. The van der Waals surface area contributed by atoms with Gasteiger partial charge in [-0.05, 0) is 42.0 Å². The van der Waals surface area contributed by atoms with Crippen molar-refractivity contribution in [1.82, 2.24) is 10.3 Å². The number of amides is 2. The number of nitrogens with one attached hydrogen (secondary N) is 2. The number of hydrogen-bond acceptors (Lipinski definition) is 3. The maximum absolute atomic E-state index is 12.1. The fourth-order valence-electron chi connectivity index (χ4n) is 1.82. The molecule has 0 fully saturated rings. The Bertz CT molecular complexity index is 757. The summed E-state index contributed by atoms with van der Waals surface area (Å²) in [5, 5.41) is 4.35. The van der Waals surface area contributed by atoms with Crippen molar-refractivity contribution in [2.24, 2.45) is 0 Å². The molecule has 1 aromatic carbocycles. The zero-order chi connectivity index (χ0) is 18.3. The maximum atomic E-state index is 12.1. The average molecular weight is 349 g/mol. The molecule has 0 unspecified atom stereocenters. The highest BCUT2D eigenvalue weighted by Crippen LogP contribution is 2.14. The Labute approximate surface area is 141 Å². The molecule has 130 valence electrons. The van der Waals surface area contributed by atoms with Crippen molar-refractivity contribution in [3.05, 3.63) is 66.0 Å². The van der Waals surface area contributed by atoms with Crippen molar-refractivity contribution >= 4 is 23.6 Å². The van der Waals surface area contributed by atoms with Crippen LogP contribution in [-0.2, 0) is 4.79 Å². The van der Waals surface area contributed by atoms with Gasteiger partial charge in [-0.3, -0.25) is 14.6 Å². The smallest absolute Gasteiger partial charge is 0.343 e. The first kappa shape index (κ1) is 18.2. The molecule has 0 spiro atoms. The molecule has 0 radical (unpaired) electrons. The molecule has 8 heteroatoms. The van der Waals surface area contributed by atoms with Crippen molar-refractivity contribution in [1.29, 1.82) is 0 Å². The predicted octanol–water partition coefficient (Wildman–Crippen LogP) is 3.03. The van der Waals surface area contributed by atoms with Gasteiger partial charge in [-0.25, -0.2) is 0 Å². The van der Waals surface area contributed by atoms with Gasteiger partial charge in [0, 0.05) is 29.7 Å². The molecule has 0 saturated heterocycles. The molecule has 0 saturated carbocycles. The summed E-state index contributed by atoms with van der Waals surface area (Å²) in [6.07, 6.45) is 1.65. The number of anilines is 1. The minimum absolute atomic E-state index is 0.0631. The van der Waals surface area contributed by atoms with Crippen molar-refractivity contribution in [3.8, 4) is 0 Å². The van der Waals surface area contributed by atoms with E-state index < -0.39 is 24.5 Å². The molecular formula is C17H14F3N3O2. The number of benzene rings is 1. The van der Waals surface area contributed by atoms with Crippen LogP contribution in [-0.4, -0.2) is 29.5 Å². The number of alkyl halides is 3. The summed E-state index contributed by atoms with van der Waals surface area (Å²) in [6, 6.07) is 9.03. The van der Waals surface area contributed by atoms with Crippen LogP contribution < -0.4 is 10.6 Å². The molecule has 2 amide bonds. The number of aromatic nitrogens is 1. The van der Waals surface area contributed by atoms with E-state index in [2.05, 4.69) is 10.3 Å². The fraction of sp³-hybridized carbons (Fsp3) is 0.118. The van der Waals surface area contributed by atoms with Crippen LogP contribution >= 0.6 is 0 Å². The highest BCUT2D eigenvalue weighted by atomic mass is 19.4. The first-order chi connectivity index (χ1) is 11.8. The topological polar surface area (TPSA) is 71.1 Å². The minimum Gasteiger partial charge on any atom is -0.343 e. The molecule has 25 heavy (non-hydrogen) atoms. The van der Waals surface area contributed by atoms with E-state index in [1.165, 1.54) is 30.3 Å². The third-order valence-electron chi connectivity index (χ3n) is 2.98. The molecule has 0 aliphatic carbocycles. The molecule has 0 atom stereocenters. The van der Waals surface area contributed by atoms with Crippen molar-refractivity contribution in [3.63, 3.8) is 0 Å². The first-order valence-corrected chi connectivity index (χ1v) is 7.17. The Morgan fingerprint density at radius 3 is 2.44 bits per heavy atom. The van der Waals surface area contributed by atoms with Crippen LogP contribution in [0.15, 0.2) is 54.9 Å². The van der Waals surface area contributed by atoms with E-state index in [1.807, 2.05) is 0 Å². The summed E-state index contributed by atoms with van der Waals surface area (Å²) in [7, 11) is 0. The van der Waals surface area contributed by atoms with E-state index in [0.29, 0.717) is 5.69 Å². The summed E-state index contributed by atoms with van der Waals surface area (Å²) in [5.74, 6) is -1.23. The third-order valence-corrected chi connectivity index (χ3v) is 2.98. The Morgan fingerprint density at radius 1 is 1.12 bits per heavy atom. The molecular weight excluding hydrogens is 335 g/mol. The van der Waals surface area contributed by atoms with Gasteiger partial charge in [-0.2, -0.15) is 13.2 Å². The highest BCUT2D eigenvalue weighted by Gasteiger charge is 2.27. The Hall–Kier alpha value is -3.16. The van der Waals surface area contributed by atoms with Crippen molar-refractivity contribution in [2.75, 3.05) is 11.9 Å². The van der Waals surface area contributed by atoms with Crippen molar-refractivity contribution < 1.29 is 22.8 Å². The lowest BCUT2D eigenvalue weighted by atomic mass is 10.2. The fourth-order valence-corrected chi connectivity index (χ4v) is 1.82. The molecule has 0 aliphatic rings. The first-order valence-electron chi connectivity index (χ1n) is 7.17. The Balaban J connectivity index is 1.90. The zero-order valence-corrected chi connectivity index (χ0v) is 12.9. The van der Waals surface area contributed by atoms with Gasteiger partial charge in [0.2, 0.25) is 5.91 Å². The van der Waals surface area contributed by atoms with Crippen LogP contribution in [0, 0.1) is 0 Å². The lowest BCUT2D eigenvalue weighted by molar-refractivity contribution is -0.123. The molecule has 0 bridgehead atoms. The van der Waals surface area contributed by atoms with Crippen LogP contribution in [0.25, 0.3) is 6.08 Å². The number of rotatable bonds is 5. The summed E-state index contributed by atoms with van der Waals surface area (Å²) in [4.78, 5) is 27.3. The largest absolute Gasteiger partial charge is 0.405 e. The quantitative estimate of drug-likeness (QED) is 0.815. The second-order valence-electron chi connectivity index (χ2n) is 4.98. The predicted molar refractivity (Wildman–Crippen MR) is 86.7 cm³/mol. The van der Waals surface area contributed by atoms with Crippen LogP contribution in [0.1, 0.15) is 15.9 Å². The highest BCUT2D eigenvalue weighted by molar-refractivity contribution is 6.02. The monoisotopic (exact) mass is 349 g/mol. The van der Waals surface area contributed by atoms with E-state index in [0.717, 1.165) is 5.56 Å². The lowest BCUT2D eigenvalue weighted by Crippen LogP contribution is -2.33. The van der Waals surface area contributed by atoms with Gasteiger partial charge in [0.05, 0.1) is 0 Å². The molecule has 1 heterocycles. The van der Waals surface area contributed by atoms with Gasteiger partial charge >= 0.3 is 6.18 Å². The molecule has 2 rings (SSSR count). The second-order valence-corrected chi connectivity index (χ2v) is 4.98. The lowest BCUT2D eigenvalue weighted by Gasteiger charge is -2.09. The van der Waals surface area contributed by atoms with E-state index in [-0.39, 0.29) is 5.56 Å². The number of halogens is 3. The standard InChI is InChI=1S/C17H14F3N3O2/c18-17(19,20)11-22-16(25)13-4-6-14(7-5-13)23-15(24)8-3-12-2-1-9-21-10-12/h1-10H,11H2,(H,22,25)(H,23,24)/b8-3+. The van der Waals surface area contributed by atoms with Crippen LogP contribution in [0.4, 0.5) is 18.9 Å². The summed E-state index contributed by atoms with van der Waals surface area (Å²) < 4.78 is 36.2. The normalized spacial score (nSPS) is 11.3. The number of pyridine rings is 1. The molecule has 0 aliphatic heterocycles. The van der Waals surface area contributed by atoms with Gasteiger partial charge in [0.15, 0.2) is 0 Å². The maximum Gasteiger partial charge on any atom is 0.405 e. The van der Waals surface area contributed by atoms with E-state index in [1.54, 1.807) is 35.9 Å². The molecule has 2 aromatic rings. The van der Waals surface area contributed by atoms with Crippen LogP contribution in [0.3, 0.4) is 0 Å². The van der Waals surface area contributed by atoms with Gasteiger partial charge in [-0.1, -0.05) is 6.07 Å². The number of carbonyl (C=O) groups is 2.